The van der Waals surface area contributed by atoms with E-state index in [1.165, 1.54) is 11.8 Å². The summed E-state index contributed by atoms with van der Waals surface area (Å²) in [6.45, 7) is 0. The monoisotopic (exact) mass is 288 g/mol. The molecule has 3 aromatic rings. The predicted molar refractivity (Wildman–Crippen MR) is 73.6 cm³/mol. The number of aryl methyl sites for hydroxylation is 1. The molecule has 0 fully saturated rings. The van der Waals surface area contributed by atoms with Crippen LogP contribution in [0, 0.1) is 0 Å². The van der Waals surface area contributed by atoms with Gasteiger partial charge in [-0.2, -0.15) is 9.78 Å². The summed E-state index contributed by atoms with van der Waals surface area (Å²) in [6, 6.07) is 6.73. The average molecular weight is 288 g/mol. The first-order valence-electron chi connectivity index (χ1n) is 5.90. The van der Waals surface area contributed by atoms with Gasteiger partial charge in [0.25, 0.3) is 0 Å². The van der Waals surface area contributed by atoms with Crippen molar-refractivity contribution >= 4 is 11.8 Å². The molecule has 0 saturated heterocycles. The van der Waals surface area contributed by atoms with Crippen molar-refractivity contribution in [3.8, 4) is 11.4 Å². The summed E-state index contributed by atoms with van der Waals surface area (Å²) < 4.78 is 3.40. The van der Waals surface area contributed by atoms with Crippen LogP contribution in [0.4, 0.5) is 0 Å². The van der Waals surface area contributed by atoms with Crippen LogP contribution in [-0.4, -0.2) is 35.1 Å². The van der Waals surface area contributed by atoms with Crippen LogP contribution in [0.3, 0.4) is 0 Å². The summed E-state index contributed by atoms with van der Waals surface area (Å²) in [6.07, 6.45) is 3.78. The fraction of sp³-hybridized carbons (Fsp3) is 0.167. The zero-order chi connectivity index (χ0) is 13.9. The van der Waals surface area contributed by atoms with Crippen LogP contribution in [0.25, 0.3) is 5.69 Å². The van der Waals surface area contributed by atoms with Gasteiger partial charge in [-0.1, -0.05) is 11.8 Å². The van der Waals surface area contributed by atoms with Crippen molar-refractivity contribution in [1.82, 2.24) is 30.0 Å². The van der Waals surface area contributed by atoms with Crippen molar-refractivity contribution in [2.45, 2.75) is 10.9 Å². The molecule has 0 aliphatic carbocycles. The summed E-state index contributed by atoms with van der Waals surface area (Å²) in [5.74, 6) is 0.957. The Bertz CT molecular complexity index is 705. The number of hydrogen-bond acceptors (Lipinski definition) is 6. The highest BCUT2D eigenvalue weighted by Gasteiger charge is 2.09. The summed E-state index contributed by atoms with van der Waals surface area (Å²) in [5, 5.41) is 25.8. The van der Waals surface area contributed by atoms with Gasteiger partial charge < -0.3 is 5.11 Å². The van der Waals surface area contributed by atoms with E-state index in [4.69, 9.17) is 0 Å². The Morgan fingerprint density at radius 2 is 2.05 bits per heavy atom. The molecular formula is C12H12N6OS. The first-order valence-corrected chi connectivity index (χ1v) is 6.89. The van der Waals surface area contributed by atoms with Crippen molar-refractivity contribution in [2.24, 2.45) is 7.05 Å². The normalized spacial score (nSPS) is 10.8. The maximum atomic E-state index is 9.30. The summed E-state index contributed by atoms with van der Waals surface area (Å²) in [7, 11) is 1.88. The number of hydrogen-bond donors (Lipinski definition) is 1. The minimum absolute atomic E-state index is 0.214. The molecule has 2 aromatic heterocycles. The molecule has 3 rings (SSSR count). The molecule has 0 amide bonds. The van der Waals surface area contributed by atoms with Crippen LogP contribution < -0.4 is 0 Å². The second kappa shape index (κ2) is 5.33. The number of thioether (sulfide) groups is 1. The van der Waals surface area contributed by atoms with Crippen LogP contribution in [0.15, 0.2) is 41.8 Å². The molecule has 0 aliphatic rings. The van der Waals surface area contributed by atoms with Gasteiger partial charge in [0, 0.05) is 24.6 Å². The topological polar surface area (TPSA) is 81.7 Å². The molecule has 0 unspecified atom stereocenters. The highest BCUT2D eigenvalue weighted by Crippen LogP contribution is 2.22. The van der Waals surface area contributed by atoms with Crippen molar-refractivity contribution in [2.75, 3.05) is 0 Å². The summed E-state index contributed by atoms with van der Waals surface area (Å²) in [4.78, 5) is 0. The molecule has 0 bridgehead atoms. The Balaban J connectivity index is 1.78. The fourth-order valence-electron chi connectivity index (χ4n) is 1.72. The molecule has 0 aliphatic heterocycles. The minimum Gasteiger partial charge on any atom is -0.508 e. The molecule has 1 aromatic carbocycles. The Kier molecular flexibility index (Phi) is 3.38. The SMILES string of the molecule is Cn1cc(CSc2nnnn2-c2ccc(O)cc2)cn1. The van der Waals surface area contributed by atoms with E-state index in [1.807, 2.05) is 19.4 Å². The Labute approximate surface area is 119 Å². The molecule has 0 radical (unpaired) electrons. The lowest BCUT2D eigenvalue weighted by Crippen LogP contribution is -1.98. The van der Waals surface area contributed by atoms with Crippen LogP contribution in [0.5, 0.6) is 5.75 Å². The highest BCUT2D eigenvalue weighted by atomic mass is 32.2. The van der Waals surface area contributed by atoms with Gasteiger partial charge in [-0.05, 0) is 34.7 Å². The molecule has 0 atom stereocenters. The predicted octanol–water partition coefficient (Wildman–Crippen LogP) is 1.39. The molecule has 102 valence electrons. The van der Waals surface area contributed by atoms with Gasteiger partial charge in [0.1, 0.15) is 5.75 Å². The maximum Gasteiger partial charge on any atom is 0.214 e. The number of nitrogens with zero attached hydrogens (tertiary/aromatic N) is 6. The molecular weight excluding hydrogens is 276 g/mol. The van der Waals surface area contributed by atoms with E-state index in [9.17, 15) is 5.11 Å². The van der Waals surface area contributed by atoms with Crippen LogP contribution >= 0.6 is 11.8 Å². The van der Waals surface area contributed by atoms with E-state index in [-0.39, 0.29) is 5.75 Å². The Hall–Kier alpha value is -2.35. The first kappa shape index (κ1) is 12.7. The standard InChI is InChI=1S/C12H12N6OS/c1-17-7-9(6-13-17)8-20-12-14-15-16-18(12)10-2-4-11(19)5-3-10/h2-7,19H,8H2,1H3. The quantitative estimate of drug-likeness (QED) is 0.731. The van der Waals surface area contributed by atoms with E-state index in [2.05, 4.69) is 20.6 Å². The third kappa shape index (κ3) is 2.64. The lowest BCUT2D eigenvalue weighted by molar-refractivity contribution is 0.475. The molecule has 2 heterocycles. The zero-order valence-electron chi connectivity index (χ0n) is 10.7. The number of aromatic hydroxyl groups is 1. The first-order chi connectivity index (χ1) is 9.72. The van der Waals surface area contributed by atoms with E-state index in [0.717, 1.165) is 17.0 Å². The van der Waals surface area contributed by atoms with Gasteiger partial charge in [0.05, 0.1) is 11.9 Å². The van der Waals surface area contributed by atoms with Crippen molar-refractivity contribution in [3.05, 3.63) is 42.2 Å². The van der Waals surface area contributed by atoms with Crippen molar-refractivity contribution in [3.63, 3.8) is 0 Å². The number of benzene rings is 1. The fourth-order valence-corrected chi connectivity index (χ4v) is 2.52. The van der Waals surface area contributed by atoms with Crippen LogP contribution in [0.1, 0.15) is 5.56 Å². The molecule has 7 nitrogen and oxygen atoms in total. The number of phenolic OH excluding ortho intramolecular Hbond substituents is 1. The smallest absolute Gasteiger partial charge is 0.214 e. The third-order valence-electron chi connectivity index (χ3n) is 2.66. The molecule has 8 heteroatoms. The van der Waals surface area contributed by atoms with Crippen molar-refractivity contribution in [1.29, 1.82) is 0 Å². The average Bonchev–Trinajstić information content (AvgIpc) is 3.06. The number of phenols is 1. The van der Waals surface area contributed by atoms with Crippen molar-refractivity contribution < 1.29 is 5.11 Å². The Morgan fingerprint density at radius 1 is 1.25 bits per heavy atom. The molecule has 0 saturated carbocycles. The van der Waals surface area contributed by atoms with E-state index in [0.29, 0.717) is 5.16 Å². The second-order valence-electron chi connectivity index (χ2n) is 4.20. The van der Waals surface area contributed by atoms with Gasteiger partial charge >= 0.3 is 0 Å². The second-order valence-corrected chi connectivity index (χ2v) is 5.14. The maximum absolute atomic E-state index is 9.30. The molecule has 20 heavy (non-hydrogen) atoms. The van der Waals surface area contributed by atoms with Gasteiger partial charge in [0.2, 0.25) is 5.16 Å². The van der Waals surface area contributed by atoms with E-state index < -0.39 is 0 Å². The molecule has 1 N–H and O–H groups in total. The number of aromatic nitrogens is 6. The molecule has 0 spiro atoms. The minimum atomic E-state index is 0.214. The Morgan fingerprint density at radius 3 is 2.75 bits per heavy atom. The lowest BCUT2D eigenvalue weighted by Gasteiger charge is -2.03. The lowest BCUT2D eigenvalue weighted by atomic mass is 10.3. The highest BCUT2D eigenvalue weighted by molar-refractivity contribution is 7.98. The summed E-state index contributed by atoms with van der Waals surface area (Å²) in [5.41, 5.74) is 1.92. The van der Waals surface area contributed by atoms with Crippen LogP contribution in [-0.2, 0) is 12.8 Å². The van der Waals surface area contributed by atoms with Gasteiger partial charge in [-0.25, -0.2) is 0 Å². The third-order valence-corrected chi connectivity index (χ3v) is 3.65. The number of rotatable bonds is 4. The van der Waals surface area contributed by atoms with Crippen LogP contribution in [0.2, 0.25) is 0 Å². The van der Waals surface area contributed by atoms with Gasteiger partial charge in [0.15, 0.2) is 0 Å². The van der Waals surface area contributed by atoms with Gasteiger partial charge in [-0.3, -0.25) is 4.68 Å². The van der Waals surface area contributed by atoms with E-state index >= 15 is 0 Å². The number of tetrazole rings is 1. The summed E-state index contributed by atoms with van der Waals surface area (Å²) >= 11 is 1.53. The van der Waals surface area contributed by atoms with Gasteiger partial charge in [-0.15, -0.1) is 5.10 Å². The largest absolute Gasteiger partial charge is 0.508 e. The van der Waals surface area contributed by atoms with E-state index in [1.54, 1.807) is 33.6 Å². The zero-order valence-corrected chi connectivity index (χ0v) is 11.5.